The second-order valence-corrected chi connectivity index (χ2v) is 6.95. The first kappa shape index (κ1) is 15.2. The summed E-state index contributed by atoms with van der Waals surface area (Å²) in [5, 5.41) is 7.63. The minimum absolute atomic E-state index is 0.270. The van der Waals surface area contributed by atoms with E-state index in [0.29, 0.717) is 9.90 Å². The Hall–Kier alpha value is -1.69. The van der Waals surface area contributed by atoms with Gasteiger partial charge < -0.3 is 0 Å². The Balaban J connectivity index is 1.86. The van der Waals surface area contributed by atoms with E-state index in [0.717, 1.165) is 27.1 Å². The number of hydrogen-bond acceptors (Lipinski definition) is 4. The lowest BCUT2D eigenvalue weighted by atomic mass is 10.2. The second-order valence-electron chi connectivity index (χ2n) is 4.57. The van der Waals surface area contributed by atoms with Crippen molar-refractivity contribution in [1.82, 2.24) is 5.43 Å². The van der Waals surface area contributed by atoms with Crippen molar-refractivity contribution in [2.75, 3.05) is 0 Å². The number of carbonyl (C=O) groups is 1. The minimum Gasteiger partial charge on any atom is -0.266 e. The van der Waals surface area contributed by atoms with Crippen LogP contribution >= 0.6 is 34.3 Å². The van der Waals surface area contributed by atoms with Crippen molar-refractivity contribution < 1.29 is 4.79 Å². The first-order chi connectivity index (χ1) is 10.7. The summed E-state index contributed by atoms with van der Waals surface area (Å²) in [6.07, 6.45) is 0.751. The zero-order valence-corrected chi connectivity index (χ0v) is 14.2. The summed E-state index contributed by atoms with van der Waals surface area (Å²) in [5.74, 6) is -0.270. The molecule has 3 rings (SSSR count). The summed E-state index contributed by atoms with van der Waals surface area (Å²) in [7, 11) is 0. The van der Waals surface area contributed by atoms with Crippen molar-refractivity contribution >= 4 is 56.0 Å². The topological polar surface area (TPSA) is 41.5 Å². The van der Waals surface area contributed by atoms with Crippen LogP contribution in [-0.4, -0.2) is 11.6 Å². The summed E-state index contributed by atoms with van der Waals surface area (Å²) in [6.45, 7) is 2.01. The fourth-order valence-corrected chi connectivity index (χ4v) is 4.27. The number of nitrogens with one attached hydrogen (secondary N) is 1. The fraction of sp³-hybridized carbons (Fsp3) is 0.125. The fourth-order valence-electron chi connectivity index (χ4n) is 2.08. The maximum atomic E-state index is 12.3. The van der Waals surface area contributed by atoms with Gasteiger partial charge in [0.2, 0.25) is 0 Å². The Morgan fingerprint density at radius 1 is 1.27 bits per heavy atom. The highest BCUT2D eigenvalue weighted by Gasteiger charge is 2.16. The van der Waals surface area contributed by atoms with Gasteiger partial charge in [-0.15, -0.1) is 22.7 Å². The quantitative estimate of drug-likeness (QED) is 0.513. The van der Waals surface area contributed by atoms with E-state index in [-0.39, 0.29) is 5.91 Å². The molecule has 0 aliphatic heterocycles. The van der Waals surface area contributed by atoms with Crippen LogP contribution in [0.15, 0.2) is 46.9 Å². The third kappa shape index (κ3) is 2.92. The van der Waals surface area contributed by atoms with Crippen molar-refractivity contribution in [1.29, 1.82) is 0 Å². The molecule has 1 N–H and O–H groups in total. The van der Waals surface area contributed by atoms with E-state index in [9.17, 15) is 4.79 Å². The molecule has 0 atom stereocenters. The summed E-state index contributed by atoms with van der Waals surface area (Å²) >= 11 is 9.29. The highest BCUT2D eigenvalue weighted by molar-refractivity contribution is 7.21. The molecule has 2 heterocycles. The number of benzene rings is 1. The van der Waals surface area contributed by atoms with E-state index in [1.54, 1.807) is 11.3 Å². The minimum atomic E-state index is -0.270. The van der Waals surface area contributed by atoms with Crippen LogP contribution in [0.1, 0.15) is 27.9 Å². The Labute approximate surface area is 141 Å². The zero-order chi connectivity index (χ0) is 15.5. The highest BCUT2D eigenvalue weighted by atomic mass is 35.5. The van der Waals surface area contributed by atoms with Crippen molar-refractivity contribution in [3.63, 3.8) is 0 Å². The number of hydrazone groups is 1. The average molecular weight is 349 g/mol. The van der Waals surface area contributed by atoms with Crippen LogP contribution in [0.5, 0.6) is 0 Å². The molecule has 112 valence electrons. The first-order valence-corrected chi connectivity index (χ1v) is 8.86. The number of nitrogens with zero attached hydrogens (tertiary/aromatic N) is 1. The van der Waals surface area contributed by atoms with E-state index in [2.05, 4.69) is 10.5 Å². The van der Waals surface area contributed by atoms with Gasteiger partial charge in [0.15, 0.2) is 0 Å². The van der Waals surface area contributed by atoms with Gasteiger partial charge in [0.1, 0.15) is 4.88 Å². The summed E-state index contributed by atoms with van der Waals surface area (Å²) in [6, 6.07) is 11.7. The molecule has 1 amide bonds. The van der Waals surface area contributed by atoms with Crippen LogP contribution in [0.25, 0.3) is 10.1 Å². The SMILES string of the molecule is CC/C(=N\NC(=O)c1sc2ccccc2c1Cl)c1cccs1. The van der Waals surface area contributed by atoms with Gasteiger partial charge in [0.05, 0.1) is 15.6 Å². The van der Waals surface area contributed by atoms with E-state index >= 15 is 0 Å². The molecule has 0 saturated heterocycles. The van der Waals surface area contributed by atoms with Crippen LogP contribution in [0.3, 0.4) is 0 Å². The standard InChI is InChI=1S/C16H13ClN2OS2/c1-2-11(13-8-5-9-21-13)18-19-16(20)15-14(17)10-6-3-4-7-12(10)22-15/h3-9H,2H2,1H3,(H,19,20)/b18-11+. The third-order valence-corrected chi connectivity index (χ3v) is 5.77. The third-order valence-electron chi connectivity index (χ3n) is 3.17. The molecule has 2 aromatic heterocycles. The molecule has 0 bridgehead atoms. The molecule has 3 aromatic rings. The Bertz CT molecular complexity index is 837. The maximum Gasteiger partial charge on any atom is 0.283 e. The van der Waals surface area contributed by atoms with Gasteiger partial charge in [-0.2, -0.15) is 5.10 Å². The van der Waals surface area contributed by atoms with Crippen LogP contribution in [0.2, 0.25) is 5.02 Å². The van der Waals surface area contributed by atoms with Crippen LogP contribution < -0.4 is 5.43 Å². The van der Waals surface area contributed by atoms with Crippen molar-refractivity contribution in [2.24, 2.45) is 5.10 Å². The average Bonchev–Trinajstić information content (AvgIpc) is 3.17. The Morgan fingerprint density at radius 2 is 2.09 bits per heavy atom. The molecule has 0 saturated carbocycles. The van der Waals surface area contributed by atoms with E-state index in [1.807, 2.05) is 48.7 Å². The molecule has 0 spiro atoms. The zero-order valence-electron chi connectivity index (χ0n) is 11.8. The second kappa shape index (κ2) is 6.60. The Kier molecular flexibility index (Phi) is 4.57. The summed E-state index contributed by atoms with van der Waals surface area (Å²) < 4.78 is 0.996. The lowest BCUT2D eigenvalue weighted by molar-refractivity contribution is 0.0959. The number of thiophene rings is 2. The predicted octanol–water partition coefficient (Wildman–Crippen LogP) is 5.16. The van der Waals surface area contributed by atoms with E-state index < -0.39 is 0 Å². The van der Waals surface area contributed by atoms with Crippen LogP contribution in [-0.2, 0) is 0 Å². The van der Waals surface area contributed by atoms with Gasteiger partial charge in [-0.1, -0.05) is 42.8 Å². The monoisotopic (exact) mass is 348 g/mol. The molecule has 0 fully saturated rings. The largest absolute Gasteiger partial charge is 0.283 e. The van der Waals surface area contributed by atoms with Crippen molar-refractivity contribution in [3.05, 3.63) is 56.6 Å². The van der Waals surface area contributed by atoms with Gasteiger partial charge >= 0.3 is 0 Å². The van der Waals surface area contributed by atoms with Gasteiger partial charge in [-0.3, -0.25) is 4.79 Å². The molecule has 0 aliphatic rings. The molecule has 0 aliphatic carbocycles. The van der Waals surface area contributed by atoms with Crippen LogP contribution in [0.4, 0.5) is 0 Å². The summed E-state index contributed by atoms with van der Waals surface area (Å²) in [4.78, 5) is 13.9. The van der Waals surface area contributed by atoms with Gasteiger partial charge in [-0.05, 0) is 23.9 Å². The number of carbonyl (C=O) groups excluding carboxylic acids is 1. The molecule has 0 unspecified atom stereocenters. The number of fused-ring (bicyclic) bond motifs is 1. The predicted molar refractivity (Wildman–Crippen MR) is 95.4 cm³/mol. The number of halogens is 1. The van der Waals surface area contributed by atoms with Crippen molar-refractivity contribution in [3.8, 4) is 0 Å². The number of rotatable bonds is 4. The summed E-state index contributed by atoms with van der Waals surface area (Å²) in [5.41, 5.74) is 3.48. The van der Waals surface area contributed by atoms with Gasteiger partial charge in [-0.25, -0.2) is 5.43 Å². The van der Waals surface area contributed by atoms with Gasteiger partial charge in [0, 0.05) is 10.1 Å². The smallest absolute Gasteiger partial charge is 0.266 e. The van der Waals surface area contributed by atoms with Crippen LogP contribution in [0, 0.1) is 0 Å². The van der Waals surface area contributed by atoms with E-state index in [1.165, 1.54) is 11.3 Å². The molecule has 3 nitrogen and oxygen atoms in total. The molecule has 0 radical (unpaired) electrons. The van der Waals surface area contributed by atoms with E-state index in [4.69, 9.17) is 11.6 Å². The number of amides is 1. The maximum absolute atomic E-state index is 12.3. The Morgan fingerprint density at radius 3 is 2.77 bits per heavy atom. The number of hydrogen-bond donors (Lipinski definition) is 1. The highest BCUT2D eigenvalue weighted by Crippen LogP contribution is 2.34. The van der Waals surface area contributed by atoms with Gasteiger partial charge in [0.25, 0.3) is 5.91 Å². The molecular weight excluding hydrogens is 336 g/mol. The molecule has 1 aromatic carbocycles. The normalized spacial score (nSPS) is 11.8. The first-order valence-electron chi connectivity index (χ1n) is 6.78. The molecule has 6 heteroatoms. The molecule has 22 heavy (non-hydrogen) atoms. The lowest BCUT2D eigenvalue weighted by Crippen LogP contribution is -2.19. The molecular formula is C16H13ClN2OS2. The lowest BCUT2D eigenvalue weighted by Gasteiger charge is -2.02. The van der Waals surface area contributed by atoms with Crippen molar-refractivity contribution in [2.45, 2.75) is 13.3 Å².